The molecule has 1 saturated heterocycles. The lowest BCUT2D eigenvalue weighted by Gasteiger charge is -2.24. The van der Waals surface area contributed by atoms with Gasteiger partial charge in [-0.3, -0.25) is 4.79 Å². The Morgan fingerprint density at radius 1 is 1.58 bits per heavy atom. The number of rotatable bonds is 4. The molecule has 4 nitrogen and oxygen atoms in total. The summed E-state index contributed by atoms with van der Waals surface area (Å²) in [5, 5.41) is 17.7. The van der Waals surface area contributed by atoms with Gasteiger partial charge in [-0.05, 0) is 25.3 Å². The highest BCUT2D eigenvalue weighted by Gasteiger charge is 2.32. The van der Waals surface area contributed by atoms with E-state index in [2.05, 4.69) is 10.6 Å². The molecule has 1 amide bonds. The highest BCUT2D eigenvalue weighted by molar-refractivity contribution is 7.10. The van der Waals surface area contributed by atoms with Crippen molar-refractivity contribution in [3.8, 4) is 0 Å². The van der Waals surface area contributed by atoms with Crippen LogP contribution in [0.5, 0.6) is 0 Å². The Kier molecular flexibility index (Phi) is 5.80. The highest BCUT2D eigenvalue weighted by Crippen LogP contribution is 2.27. The van der Waals surface area contributed by atoms with Crippen LogP contribution in [0.3, 0.4) is 0 Å². The van der Waals surface area contributed by atoms with Gasteiger partial charge < -0.3 is 15.7 Å². The monoisotopic (exact) mass is 304 g/mol. The predicted octanol–water partition coefficient (Wildman–Crippen LogP) is 1.14. The van der Waals surface area contributed by atoms with Gasteiger partial charge >= 0.3 is 0 Å². The molecular weight excluding hydrogens is 284 g/mol. The number of carbonyl (C=O) groups is 1. The third kappa shape index (κ3) is 3.69. The van der Waals surface area contributed by atoms with Crippen LogP contribution in [-0.4, -0.2) is 36.8 Å². The highest BCUT2D eigenvalue weighted by atomic mass is 35.5. The Morgan fingerprint density at radius 3 is 2.84 bits per heavy atom. The molecule has 19 heavy (non-hydrogen) atoms. The third-order valence-electron chi connectivity index (χ3n) is 3.53. The van der Waals surface area contributed by atoms with Gasteiger partial charge in [0.2, 0.25) is 5.91 Å². The molecule has 1 fully saturated rings. The van der Waals surface area contributed by atoms with Gasteiger partial charge in [-0.1, -0.05) is 6.07 Å². The second kappa shape index (κ2) is 6.70. The fourth-order valence-electron chi connectivity index (χ4n) is 2.12. The summed E-state index contributed by atoms with van der Waals surface area (Å²) in [5.74, 6) is 0.136. The molecule has 1 aromatic heterocycles. The van der Waals surface area contributed by atoms with Gasteiger partial charge in [-0.25, -0.2) is 0 Å². The number of halogens is 1. The van der Waals surface area contributed by atoms with E-state index in [1.807, 2.05) is 31.4 Å². The molecule has 0 saturated carbocycles. The lowest BCUT2D eigenvalue weighted by molar-refractivity contribution is -0.125. The number of aliphatic hydroxyl groups is 1. The lowest BCUT2D eigenvalue weighted by atomic mass is 9.90. The third-order valence-corrected chi connectivity index (χ3v) is 4.73. The van der Waals surface area contributed by atoms with E-state index in [0.717, 1.165) is 11.4 Å². The van der Waals surface area contributed by atoms with E-state index in [-0.39, 0.29) is 30.3 Å². The summed E-state index contributed by atoms with van der Waals surface area (Å²) in [7, 11) is 0. The molecule has 1 aromatic rings. The first-order chi connectivity index (χ1) is 8.51. The molecule has 0 aliphatic carbocycles. The topological polar surface area (TPSA) is 61.4 Å². The van der Waals surface area contributed by atoms with Gasteiger partial charge in [0.25, 0.3) is 0 Å². The van der Waals surface area contributed by atoms with E-state index < -0.39 is 5.41 Å². The maximum atomic E-state index is 12.2. The van der Waals surface area contributed by atoms with Crippen molar-refractivity contribution in [2.75, 3.05) is 19.6 Å². The number of β-amino-alcohol motifs (C(OH)–C–C–N with tert-alkyl or cyclic N) is 1. The van der Waals surface area contributed by atoms with E-state index in [1.165, 1.54) is 0 Å². The van der Waals surface area contributed by atoms with Crippen LogP contribution in [-0.2, 0) is 10.2 Å². The van der Waals surface area contributed by atoms with Crippen molar-refractivity contribution < 1.29 is 9.90 Å². The van der Waals surface area contributed by atoms with Gasteiger partial charge in [0.1, 0.15) is 0 Å². The van der Waals surface area contributed by atoms with Crippen LogP contribution < -0.4 is 10.6 Å². The Bertz CT molecular complexity index is 409. The number of hydrogen-bond acceptors (Lipinski definition) is 4. The largest absolute Gasteiger partial charge is 0.391 e. The minimum atomic E-state index is -0.509. The van der Waals surface area contributed by atoms with Crippen molar-refractivity contribution in [3.05, 3.63) is 22.4 Å². The summed E-state index contributed by atoms with van der Waals surface area (Å²) in [6, 6.07) is 3.94. The zero-order valence-corrected chi connectivity index (χ0v) is 12.8. The molecule has 6 heteroatoms. The molecule has 2 unspecified atom stereocenters. The van der Waals surface area contributed by atoms with Gasteiger partial charge in [0.05, 0.1) is 11.5 Å². The number of thiophene rings is 1. The Labute approximate surface area is 124 Å². The van der Waals surface area contributed by atoms with Gasteiger partial charge in [-0.15, -0.1) is 23.7 Å². The summed E-state index contributed by atoms with van der Waals surface area (Å²) < 4.78 is 0. The van der Waals surface area contributed by atoms with Crippen LogP contribution >= 0.6 is 23.7 Å². The molecule has 0 radical (unpaired) electrons. The number of nitrogens with one attached hydrogen (secondary N) is 2. The van der Waals surface area contributed by atoms with Crippen LogP contribution in [0.4, 0.5) is 0 Å². The maximum Gasteiger partial charge on any atom is 0.230 e. The number of amides is 1. The van der Waals surface area contributed by atoms with E-state index in [0.29, 0.717) is 13.1 Å². The first kappa shape index (κ1) is 16.4. The second-order valence-corrected chi connectivity index (χ2v) is 6.25. The van der Waals surface area contributed by atoms with Crippen LogP contribution in [0, 0.1) is 5.92 Å². The first-order valence-electron chi connectivity index (χ1n) is 6.23. The fraction of sp³-hybridized carbons (Fsp3) is 0.615. The quantitative estimate of drug-likeness (QED) is 0.782. The van der Waals surface area contributed by atoms with Crippen molar-refractivity contribution >= 4 is 29.7 Å². The van der Waals surface area contributed by atoms with Crippen LogP contribution in [0.1, 0.15) is 18.7 Å². The molecule has 2 heterocycles. The minimum absolute atomic E-state index is 0. The van der Waals surface area contributed by atoms with Gasteiger partial charge in [0.15, 0.2) is 0 Å². The van der Waals surface area contributed by atoms with E-state index in [4.69, 9.17) is 0 Å². The van der Waals surface area contributed by atoms with Crippen molar-refractivity contribution in [2.45, 2.75) is 25.4 Å². The number of hydrogen-bond donors (Lipinski definition) is 3. The normalized spacial score (nSPS) is 22.9. The molecule has 0 aromatic carbocycles. The van der Waals surface area contributed by atoms with E-state index >= 15 is 0 Å². The lowest BCUT2D eigenvalue weighted by Crippen LogP contribution is -2.43. The van der Waals surface area contributed by atoms with Crippen molar-refractivity contribution in [3.63, 3.8) is 0 Å². The van der Waals surface area contributed by atoms with Gasteiger partial charge in [-0.2, -0.15) is 0 Å². The smallest absolute Gasteiger partial charge is 0.230 e. The van der Waals surface area contributed by atoms with E-state index in [1.54, 1.807) is 11.3 Å². The zero-order chi connectivity index (χ0) is 13.2. The average molecular weight is 305 g/mol. The fourth-order valence-corrected chi connectivity index (χ4v) is 2.97. The van der Waals surface area contributed by atoms with Gasteiger partial charge in [0, 0.05) is 30.4 Å². The second-order valence-electron chi connectivity index (χ2n) is 5.30. The predicted molar refractivity (Wildman–Crippen MR) is 80.0 cm³/mol. The minimum Gasteiger partial charge on any atom is -0.391 e. The Morgan fingerprint density at radius 2 is 2.32 bits per heavy atom. The first-order valence-corrected chi connectivity index (χ1v) is 7.11. The number of aliphatic hydroxyl groups excluding tert-OH is 1. The molecule has 1 aliphatic rings. The summed E-state index contributed by atoms with van der Waals surface area (Å²) in [4.78, 5) is 13.3. The molecule has 0 spiro atoms. The molecule has 2 atom stereocenters. The molecule has 0 bridgehead atoms. The van der Waals surface area contributed by atoms with Crippen molar-refractivity contribution in [1.29, 1.82) is 0 Å². The SMILES string of the molecule is CC(C)(C(=O)NCC1CNCC1O)c1cccs1.Cl. The van der Waals surface area contributed by atoms with Crippen LogP contribution in [0.25, 0.3) is 0 Å². The summed E-state index contributed by atoms with van der Waals surface area (Å²) in [6.07, 6.45) is -0.352. The Balaban J connectivity index is 0.00000180. The zero-order valence-electron chi connectivity index (χ0n) is 11.2. The number of carbonyl (C=O) groups excluding carboxylic acids is 1. The molecule has 3 N–H and O–H groups in total. The van der Waals surface area contributed by atoms with E-state index in [9.17, 15) is 9.90 Å². The van der Waals surface area contributed by atoms with Crippen molar-refractivity contribution in [2.24, 2.45) is 5.92 Å². The summed E-state index contributed by atoms with van der Waals surface area (Å²) in [6.45, 7) is 5.77. The molecule has 2 rings (SSSR count). The average Bonchev–Trinajstić information content (AvgIpc) is 2.97. The summed E-state index contributed by atoms with van der Waals surface area (Å²) in [5.41, 5.74) is -0.509. The molecule has 1 aliphatic heterocycles. The summed E-state index contributed by atoms with van der Waals surface area (Å²) >= 11 is 1.59. The van der Waals surface area contributed by atoms with Crippen LogP contribution in [0.15, 0.2) is 17.5 Å². The Hall–Kier alpha value is -0.620. The maximum absolute atomic E-state index is 12.2. The van der Waals surface area contributed by atoms with Crippen LogP contribution in [0.2, 0.25) is 0 Å². The molecular formula is C13H21ClN2O2S. The standard InChI is InChI=1S/C13H20N2O2S.ClH/c1-13(2,11-4-3-5-18-11)12(17)15-7-9-6-14-8-10(9)16;/h3-5,9-10,14,16H,6-8H2,1-2H3,(H,15,17);1H. The molecule has 108 valence electrons. The van der Waals surface area contributed by atoms with Crippen molar-refractivity contribution in [1.82, 2.24) is 10.6 Å².